The first-order chi connectivity index (χ1) is 9.92. The Hall–Kier alpha value is -1.39. The highest BCUT2D eigenvalue weighted by Gasteiger charge is 2.18. The lowest BCUT2D eigenvalue weighted by Crippen LogP contribution is -2.23. The zero-order valence-electron chi connectivity index (χ0n) is 13.7. The smallest absolute Gasteiger partial charge is 0.123 e. The summed E-state index contributed by atoms with van der Waals surface area (Å²) in [5, 5.41) is 4.78. The van der Waals surface area contributed by atoms with Crippen LogP contribution >= 0.6 is 11.3 Å². The topological polar surface area (TPSA) is 34.1 Å². The Morgan fingerprint density at radius 2 is 1.86 bits per heavy atom. The first-order valence-corrected chi connectivity index (χ1v) is 8.08. The fourth-order valence-corrected chi connectivity index (χ4v) is 3.62. The molecule has 0 aliphatic heterocycles. The molecule has 1 N–H and O–H groups in total. The maximum atomic E-state index is 5.49. The van der Waals surface area contributed by atoms with Gasteiger partial charge in [-0.3, -0.25) is 0 Å². The summed E-state index contributed by atoms with van der Waals surface area (Å²) in [5.74, 6) is 0.935. The molecular formula is C17H24N2OS. The predicted molar refractivity (Wildman–Crippen MR) is 89.3 cm³/mol. The Morgan fingerprint density at radius 3 is 2.43 bits per heavy atom. The van der Waals surface area contributed by atoms with Crippen LogP contribution in [-0.4, -0.2) is 12.1 Å². The molecule has 2 unspecified atom stereocenters. The van der Waals surface area contributed by atoms with Crippen molar-refractivity contribution in [2.75, 3.05) is 7.11 Å². The molecule has 1 heterocycles. The van der Waals surface area contributed by atoms with Crippen LogP contribution in [0.3, 0.4) is 0 Å². The van der Waals surface area contributed by atoms with Crippen molar-refractivity contribution in [1.82, 2.24) is 10.3 Å². The van der Waals surface area contributed by atoms with E-state index >= 15 is 0 Å². The lowest BCUT2D eigenvalue weighted by molar-refractivity contribution is 0.397. The third-order valence-corrected chi connectivity index (χ3v) is 4.94. The van der Waals surface area contributed by atoms with Crippen LogP contribution in [0.2, 0.25) is 0 Å². The Labute approximate surface area is 131 Å². The molecule has 0 amide bonds. The van der Waals surface area contributed by atoms with Gasteiger partial charge in [0.05, 0.1) is 17.8 Å². The second-order valence-electron chi connectivity index (χ2n) is 5.54. The molecule has 2 atom stereocenters. The van der Waals surface area contributed by atoms with Crippen LogP contribution in [0.5, 0.6) is 5.75 Å². The summed E-state index contributed by atoms with van der Waals surface area (Å²) in [6, 6.07) is 6.80. The second kappa shape index (κ2) is 6.58. The molecule has 0 radical (unpaired) electrons. The summed E-state index contributed by atoms with van der Waals surface area (Å²) in [6.45, 7) is 10.6. The quantitative estimate of drug-likeness (QED) is 0.884. The zero-order chi connectivity index (χ0) is 15.6. The number of hydrogen-bond acceptors (Lipinski definition) is 4. The Balaban J connectivity index is 2.19. The lowest BCUT2D eigenvalue weighted by atomic mass is 10.0. The maximum Gasteiger partial charge on any atom is 0.123 e. The number of benzene rings is 1. The van der Waals surface area contributed by atoms with Gasteiger partial charge in [0.15, 0.2) is 0 Å². The SMILES string of the molecule is COc1ccc(C)cc1C(C)NC(C)c1sc(C)nc1C. The predicted octanol–water partition coefficient (Wildman–Crippen LogP) is 4.49. The van der Waals surface area contributed by atoms with Crippen LogP contribution in [0.1, 0.15) is 52.6 Å². The van der Waals surface area contributed by atoms with Crippen LogP contribution in [0.4, 0.5) is 0 Å². The van der Waals surface area contributed by atoms with E-state index in [1.54, 1.807) is 18.4 Å². The van der Waals surface area contributed by atoms with E-state index in [2.05, 4.69) is 57.1 Å². The van der Waals surface area contributed by atoms with E-state index in [1.807, 2.05) is 6.07 Å². The highest BCUT2D eigenvalue weighted by molar-refractivity contribution is 7.11. The van der Waals surface area contributed by atoms with Gasteiger partial charge in [-0.25, -0.2) is 4.98 Å². The van der Waals surface area contributed by atoms with E-state index in [1.165, 1.54) is 16.0 Å². The van der Waals surface area contributed by atoms with Crippen LogP contribution in [0.15, 0.2) is 18.2 Å². The molecule has 0 saturated carbocycles. The van der Waals surface area contributed by atoms with Crippen LogP contribution in [0.25, 0.3) is 0 Å². The molecule has 1 aromatic heterocycles. The standard InChI is InChI=1S/C17H24N2OS/c1-10-7-8-16(20-6)15(9-10)11(2)18-12(3)17-13(4)19-14(5)21-17/h7-9,11-12,18H,1-6H3. The van der Waals surface area contributed by atoms with Crippen LogP contribution < -0.4 is 10.1 Å². The highest BCUT2D eigenvalue weighted by Crippen LogP contribution is 2.30. The minimum absolute atomic E-state index is 0.219. The van der Waals surface area contributed by atoms with Gasteiger partial charge < -0.3 is 10.1 Å². The van der Waals surface area contributed by atoms with Crippen molar-refractivity contribution in [2.45, 2.75) is 46.7 Å². The normalized spacial score (nSPS) is 14.0. The average Bonchev–Trinajstić information content (AvgIpc) is 2.77. The molecule has 0 spiro atoms. The summed E-state index contributed by atoms with van der Waals surface area (Å²) in [4.78, 5) is 5.82. The average molecular weight is 304 g/mol. The van der Waals surface area contributed by atoms with Gasteiger partial charge in [0.25, 0.3) is 0 Å². The zero-order valence-corrected chi connectivity index (χ0v) is 14.5. The van der Waals surface area contributed by atoms with Gasteiger partial charge >= 0.3 is 0 Å². The maximum absolute atomic E-state index is 5.49. The number of hydrogen-bond donors (Lipinski definition) is 1. The third-order valence-electron chi connectivity index (χ3n) is 3.68. The summed E-state index contributed by atoms with van der Waals surface area (Å²) >= 11 is 1.77. The van der Waals surface area contributed by atoms with E-state index in [9.17, 15) is 0 Å². The molecule has 0 aliphatic carbocycles. The number of methoxy groups -OCH3 is 1. The monoisotopic (exact) mass is 304 g/mol. The Bertz CT molecular complexity index is 621. The first kappa shape index (κ1) is 16.0. The number of aromatic nitrogens is 1. The minimum atomic E-state index is 0.219. The van der Waals surface area contributed by atoms with Crippen molar-refractivity contribution < 1.29 is 4.74 Å². The summed E-state index contributed by atoms with van der Waals surface area (Å²) in [5.41, 5.74) is 3.57. The molecule has 4 heteroatoms. The Morgan fingerprint density at radius 1 is 1.14 bits per heavy atom. The molecule has 2 rings (SSSR count). The third kappa shape index (κ3) is 3.63. The molecule has 0 aliphatic rings. The van der Waals surface area contributed by atoms with Crippen LogP contribution in [-0.2, 0) is 0 Å². The number of rotatable bonds is 5. The molecular weight excluding hydrogens is 280 g/mol. The summed E-state index contributed by atoms with van der Waals surface area (Å²) < 4.78 is 5.49. The highest BCUT2D eigenvalue weighted by atomic mass is 32.1. The number of ether oxygens (including phenoxy) is 1. The van der Waals surface area contributed by atoms with Crippen molar-refractivity contribution in [3.63, 3.8) is 0 Å². The second-order valence-corrected chi connectivity index (χ2v) is 6.77. The van der Waals surface area contributed by atoms with Gasteiger partial charge in [-0.15, -0.1) is 11.3 Å². The molecule has 3 nitrogen and oxygen atoms in total. The van der Waals surface area contributed by atoms with Gasteiger partial charge in [0.1, 0.15) is 5.75 Å². The number of thiazole rings is 1. The van der Waals surface area contributed by atoms with Crippen molar-refractivity contribution >= 4 is 11.3 Å². The van der Waals surface area contributed by atoms with Gasteiger partial charge in [0, 0.05) is 22.5 Å². The van der Waals surface area contributed by atoms with E-state index < -0.39 is 0 Å². The molecule has 0 bridgehead atoms. The number of nitrogens with zero attached hydrogens (tertiary/aromatic N) is 1. The van der Waals surface area contributed by atoms with E-state index in [-0.39, 0.29) is 12.1 Å². The minimum Gasteiger partial charge on any atom is -0.496 e. The van der Waals surface area contributed by atoms with Crippen molar-refractivity contribution in [2.24, 2.45) is 0 Å². The molecule has 1 aromatic carbocycles. The lowest BCUT2D eigenvalue weighted by Gasteiger charge is -2.22. The van der Waals surface area contributed by atoms with Gasteiger partial charge in [0.2, 0.25) is 0 Å². The fourth-order valence-electron chi connectivity index (χ4n) is 2.68. The summed E-state index contributed by atoms with van der Waals surface area (Å²) in [7, 11) is 1.72. The molecule has 21 heavy (non-hydrogen) atoms. The van der Waals surface area contributed by atoms with Gasteiger partial charge in [-0.05, 0) is 40.7 Å². The molecule has 0 fully saturated rings. The fraction of sp³-hybridized carbons (Fsp3) is 0.471. The van der Waals surface area contributed by atoms with Gasteiger partial charge in [-0.2, -0.15) is 0 Å². The number of aryl methyl sites for hydroxylation is 3. The molecule has 0 saturated heterocycles. The van der Waals surface area contributed by atoms with E-state index in [0.717, 1.165) is 16.5 Å². The largest absolute Gasteiger partial charge is 0.496 e. The molecule has 114 valence electrons. The van der Waals surface area contributed by atoms with Crippen LogP contribution in [0, 0.1) is 20.8 Å². The van der Waals surface area contributed by atoms with E-state index in [0.29, 0.717) is 0 Å². The van der Waals surface area contributed by atoms with Crippen molar-refractivity contribution in [3.8, 4) is 5.75 Å². The number of nitrogens with one attached hydrogen (secondary N) is 1. The Kier molecular flexibility index (Phi) is 5.01. The van der Waals surface area contributed by atoms with Crippen molar-refractivity contribution in [1.29, 1.82) is 0 Å². The van der Waals surface area contributed by atoms with Crippen molar-refractivity contribution in [3.05, 3.63) is 44.9 Å². The molecule has 2 aromatic rings. The summed E-state index contributed by atoms with van der Waals surface area (Å²) in [6.07, 6.45) is 0. The van der Waals surface area contributed by atoms with Gasteiger partial charge in [-0.1, -0.05) is 17.7 Å². The first-order valence-electron chi connectivity index (χ1n) is 7.27. The van der Waals surface area contributed by atoms with E-state index in [4.69, 9.17) is 4.74 Å².